The summed E-state index contributed by atoms with van der Waals surface area (Å²) < 4.78 is 2.27. The maximum Gasteiger partial charge on any atom is 0.0951 e. The summed E-state index contributed by atoms with van der Waals surface area (Å²) in [5.41, 5.74) is 8.15. The van der Waals surface area contributed by atoms with Crippen LogP contribution in [0.4, 0.5) is 0 Å². The molecular formula is C9H17Br2N3. The first-order valence-corrected chi connectivity index (χ1v) is 4.65. The van der Waals surface area contributed by atoms with Gasteiger partial charge in [-0.1, -0.05) is 0 Å². The summed E-state index contributed by atoms with van der Waals surface area (Å²) in [4.78, 5) is 4.37. The number of rotatable bonds is 2. The predicted octanol–water partition coefficient (Wildman–Crippen LogP) is 1.88. The Balaban J connectivity index is 0.000000845. The number of nitrogens with zero attached hydrogens (tertiary/aromatic N) is 2. The van der Waals surface area contributed by atoms with Gasteiger partial charge in [-0.25, -0.2) is 4.98 Å². The van der Waals surface area contributed by atoms with E-state index in [1.165, 1.54) is 30.7 Å². The smallest absolute Gasteiger partial charge is 0.0951 e. The Kier molecular flexibility index (Phi) is 6.64. The number of hydrogen-bond donors (Lipinski definition) is 1. The van der Waals surface area contributed by atoms with Crippen molar-refractivity contribution in [2.45, 2.75) is 32.2 Å². The van der Waals surface area contributed by atoms with E-state index in [0.717, 1.165) is 13.0 Å². The fraction of sp³-hybridized carbons (Fsp3) is 0.667. The van der Waals surface area contributed by atoms with Crippen molar-refractivity contribution >= 4 is 34.0 Å². The van der Waals surface area contributed by atoms with Crippen molar-refractivity contribution in [2.75, 3.05) is 6.54 Å². The van der Waals surface area contributed by atoms with Crippen molar-refractivity contribution in [3.05, 3.63) is 17.7 Å². The molecule has 1 aliphatic heterocycles. The van der Waals surface area contributed by atoms with E-state index in [2.05, 4.69) is 9.55 Å². The second kappa shape index (κ2) is 6.58. The Morgan fingerprint density at radius 1 is 1.36 bits per heavy atom. The topological polar surface area (TPSA) is 43.8 Å². The number of nitrogens with two attached hydrogens (primary N) is 1. The molecule has 3 nitrogen and oxygen atoms in total. The van der Waals surface area contributed by atoms with Crippen LogP contribution >= 0.6 is 34.0 Å². The summed E-state index contributed by atoms with van der Waals surface area (Å²) in [5.74, 6) is 0. The van der Waals surface area contributed by atoms with Gasteiger partial charge >= 0.3 is 0 Å². The zero-order chi connectivity index (χ0) is 8.39. The molecule has 14 heavy (non-hydrogen) atoms. The lowest BCUT2D eigenvalue weighted by atomic mass is 10.1. The van der Waals surface area contributed by atoms with Crippen molar-refractivity contribution < 1.29 is 0 Å². The third kappa shape index (κ3) is 2.81. The van der Waals surface area contributed by atoms with E-state index in [4.69, 9.17) is 5.73 Å². The Hall–Kier alpha value is 0.130. The van der Waals surface area contributed by atoms with E-state index in [0.29, 0.717) is 6.54 Å². The lowest BCUT2D eigenvalue weighted by Gasteiger charge is -2.14. The largest absolute Gasteiger partial charge is 0.334 e. The second-order valence-corrected chi connectivity index (χ2v) is 3.33. The van der Waals surface area contributed by atoms with E-state index < -0.39 is 0 Å². The van der Waals surface area contributed by atoms with Gasteiger partial charge in [-0.3, -0.25) is 0 Å². The van der Waals surface area contributed by atoms with Gasteiger partial charge in [0.1, 0.15) is 0 Å². The molecule has 0 aliphatic carbocycles. The van der Waals surface area contributed by atoms with Crippen molar-refractivity contribution in [3.63, 3.8) is 0 Å². The third-order valence-electron chi connectivity index (χ3n) is 2.48. The molecule has 0 saturated carbocycles. The van der Waals surface area contributed by atoms with Crippen molar-refractivity contribution in [1.82, 2.24) is 9.55 Å². The highest BCUT2D eigenvalue weighted by Crippen LogP contribution is 2.17. The lowest BCUT2D eigenvalue weighted by Crippen LogP contribution is -2.12. The number of aromatic nitrogens is 2. The van der Waals surface area contributed by atoms with Crippen LogP contribution in [0.15, 0.2) is 6.33 Å². The van der Waals surface area contributed by atoms with Gasteiger partial charge in [-0.2, -0.15) is 0 Å². The molecule has 0 aromatic carbocycles. The standard InChI is InChI=1S/C9H15N3.2BrH/c10-5-4-8-9-3-1-2-6-12(9)7-11-8;;/h7H,1-6,10H2;2*1H. The van der Waals surface area contributed by atoms with Crippen LogP contribution in [0.2, 0.25) is 0 Å². The van der Waals surface area contributed by atoms with E-state index in [1.54, 1.807) is 0 Å². The van der Waals surface area contributed by atoms with Gasteiger partial charge < -0.3 is 10.3 Å². The predicted molar refractivity (Wildman–Crippen MR) is 68.6 cm³/mol. The van der Waals surface area contributed by atoms with E-state index in [1.807, 2.05) is 6.33 Å². The van der Waals surface area contributed by atoms with Gasteiger partial charge in [0, 0.05) is 18.7 Å². The fourth-order valence-electron chi connectivity index (χ4n) is 1.85. The Labute approximate surface area is 106 Å². The van der Waals surface area contributed by atoms with Crippen LogP contribution in [0, 0.1) is 0 Å². The molecule has 2 rings (SSSR count). The Morgan fingerprint density at radius 2 is 2.14 bits per heavy atom. The van der Waals surface area contributed by atoms with Crippen LogP contribution in [0.25, 0.3) is 0 Å². The van der Waals surface area contributed by atoms with Gasteiger partial charge in [-0.15, -0.1) is 34.0 Å². The van der Waals surface area contributed by atoms with Crippen LogP contribution in [0.3, 0.4) is 0 Å². The first-order chi connectivity index (χ1) is 5.92. The summed E-state index contributed by atoms with van der Waals surface area (Å²) in [6, 6.07) is 0. The zero-order valence-corrected chi connectivity index (χ0v) is 11.5. The molecule has 0 atom stereocenters. The highest BCUT2D eigenvalue weighted by atomic mass is 79.9. The number of aryl methyl sites for hydroxylation is 1. The van der Waals surface area contributed by atoms with Crippen molar-refractivity contribution in [1.29, 1.82) is 0 Å². The van der Waals surface area contributed by atoms with Crippen LogP contribution in [0.5, 0.6) is 0 Å². The SMILES string of the molecule is Br.Br.NCCc1ncn2c1CCCC2. The first kappa shape index (κ1) is 14.1. The molecule has 1 aromatic rings. The van der Waals surface area contributed by atoms with Crippen molar-refractivity contribution in [2.24, 2.45) is 5.73 Å². The number of hydrogen-bond acceptors (Lipinski definition) is 2. The van der Waals surface area contributed by atoms with Crippen LogP contribution in [-0.2, 0) is 19.4 Å². The highest BCUT2D eigenvalue weighted by molar-refractivity contribution is 8.93. The first-order valence-electron chi connectivity index (χ1n) is 4.65. The lowest BCUT2D eigenvalue weighted by molar-refractivity contribution is 0.529. The molecule has 0 radical (unpaired) electrons. The summed E-state index contributed by atoms with van der Waals surface area (Å²) in [6.07, 6.45) is 6.69. The summed E-state index contributed by atoms with van der Waals surface area (Å²) in [7, 11) is 0. The molecule has 1 aliphatic rings. The summed E-state index contributed by atoms with van der Waals surface area (Å²) in [5, 5.41) is 0. The average molecular weight is 327 g/mol. The molecule has 0 amide bonds. The molecule has 0 bridgehead atoms. The van der Waals surface area contributed by atoms with Crippen LogP contribution in [0.1, 0.15) is 24.2 Å². The summed E-state index contributed by atoms with van der Waals surface area (Å²) in [6.45, 7) is 1.86. The molecule has 0 fully saturated rings. The summed E-state index contributed by atoms with van der Waals surface area (Å²) >= 11 is 0. The average Bonchev–Trinajstić information content (AvgIpc) is 2.50. The monoisotopic (exact) mass is 325 g/mol. The van der Waals surface area contributed by atoms with Gasteiger partial charge in [0.25, 0.3) is 0 Å². The minimum atomic E-state index is 0. The molecule has 1 aromatic heterocycles. The third-order valence-corrected chi connectivity index (χ3v) is 2.48. The van der Waals surface area contributed by atoms with Gasteiger partial charge in [0.05, 0.1) is 12.0 Å². The normalized spacial score (nSPS) is 13.8. The molecule has 0 saturated heterocycles. The molecule has 2 heterocycles. The molecular weight excluding hydrogens is 310 g/mol. The Morgan fingerprint density at radius 3 is 2.86 bits per heavy atom. The van der Waals surface area contributed by atoms with Crippen molar-refractivity contribution in [3.8, 4) is 0 Å². The quantitative estimate of drug-likeness (QED) is 0.901. The molecule has 0 spiro atoms. The zero-order valence-electron chi connectivity index (χ0n) is 8.11. The van der Waals surface area contributed by atoms with E-state index >= 15 is 0 Å². The van der Waals surface area contributed by atoms with Gasteiger partial charge in [0.2, 0.25) is 0 Å². The van der Waals surface area contributed by atoms with Gasteiger partial charge in [-0.05, 0) is 25.8 Å². The number of imidazole rings is 1. The second-order valence-electron chi connectivity index (χ2n) is 3.33. The fourth-order valence-corrected chi connectivity index (χ4v) is 1.85. The molecule has 5 heteroatoms. The number of fused-ring (bicyclic) bond motifs is 1. The molecule has 2 N–H and O–H groups in total. The highest BCUT2D eigenvalue weighted by Gasteiger charge is 2.13. The van der Waals surface area contributed by atoms with Crippen LogP contribution in [-0.4, -0.2) is 16.1 Å². The molecule has 0 unspecified atom stereocenters. The maximum atomic E-state index is 5.50. The number of halogens is 2. The minimum absolute atomic E-state index is 0. The van der Waals surface area contributed by atoms with E-state index in [9.17, 15) is 0 Å². The van der Waals surface area contributed by atoms with Gasteiger partial charge in [0.15, 0.2) is 0 Å². The minimum Gasteiger partial charge on any atom is -0.334 e. The van der Waals surface area contributed by atoms with E-state index in [-0.39, 0.29) is 34.0 Å². The van der Waals surface area contributed by atoms with Crippen LogP contribution < -0.4 is 5.73 Å². The molecule has 82 valence electrons. The maximum absolute atomic E-state index is 5.50. The Bertz CT molecular complexity index is 273.